The molecule has 0 spiro atoms. The number of rotatable bonds is 7. The minimum atomic E-state index is -4.06. The molecule has 148 valence electrons. The molecule has 0 saturated heterocycles. The Labute approximate surface area is 169 Å². The molecule has 0 aliphatic carbocycles. The zero-order valence-corrected chi connectivity index (χ0v) is 16.5. The monoisotopic (exact) mass is 409 g/mol. The highest BCUT2D eigenvalue weighted by molar-refractivity contribution is 7.84. The third-order valence-corrected chi connectivity index (χ3v) is 4.59. The first-order valence-electron chi connectivity index (χ1n) is 8.61. The van der Waals surface area contributed by atoms with Crippen molar-refractivity contribution in [3.05, 3.63) is 83.9 Å². The molecule has 3 aromatic rings. The number of nitriles is 1. The quantitative estimate of drug-likeness (QED) is 0.640. The Bertz CT molecular complexity index is 1100. The molecular formula is C21H19N3O4S. The molecule has 0 fully saturated rings. The number of anilines is 2. The molecule has 2 N–H and O–H groups in total. The number of hydrogen-bond acceptors (Lipinski definition) is 6. The standard InChI is InChI=1S/C21H19N3O4S/c1-27-20-12-8-19(9-13-20)24(18-6-2-16(14-22)3-7-18)15-17-4-10-21(11-5-17)28-29(23,25)26/h2-13H,15H2,1H3,(H2,23,25,26). The maximum absolute atomic E-state index is 11.1. The fraction of sp³-hybridized carbons (Fsp3) is 0.0952. The Morgan fingerprint density at radius 3 is 1.90 bits per heavy atom. The van der Waals surface area contributed by atoms with Crippen LogP contribution in [-0.4, -0.2) is 15.5 Å². The second kappa shape index (κ2) is 8.65. The minimum absolute atomic E-state index is 0.144. The lowest BCUT2D eigenvalue weighted by molar-refractivity contribution is 0.415. The summed E-state index contributed by atoms with van der Waals surface area (Å²) in [5.74, 6) is 0.892. The zero-order chi connectivity index (χ0) is 20.9. The highest BCUT2D eigenvalue weighted by atomic mass is 32.2. The molecule has 0 aliphatic heterocycles. The van der Waals surface area contributed by atoms with Crippen LogP contribution in [-0.2, 0) is 16.8 Å². The molecule has 3 aromatic carbocycles. The molecule has 8 heteroatoms. The van der Waals surface area contributed by atoms with E-state index < -0.39 is 10.3 Å². The summed E-state index contributed by atoms with van der Waals surface area (Å²) in [6.07, 6.45) is 0. The molecule has 3 rings (SSSR count). The smallest absolute Gasteiger partial charge is 0.380 e. The average Bonchev–Trinajstić information content (AvgIpc) is 2.72. The molecule has 0 amide bonds. The second-order valence-corrected chi connectivity index (χ2v) is 7.32. The summed E-state index contributed by atoms with van der Waals surface area (Å²) in [5, 5.41) is 13.9. The van der Waals surface area contributed by atoms with Crippen LogP contribution in [0, 0.1) is 11.3 Å². The van der Waals surface area contributed by atoms with E-state index in [9.17, 15) is 8.42 Å². The first-order chi connectivity index (χ1) is 13.9. The van der Waals surface area contributed by atoms with Crippen LogP contribution in [0.4, 0.5) is 11.4 Å². The van der Waals surface area contributed by atoms with Crippen molar-refractivity contribution in [2.45, 2.75) is 6.54 Å². The number of benzene rings is 3. The van der Waals surface area contributed by atoms with E-state index in [0.717, 1.165) is 22.7 Å². The first-order valence-corrected chi connectivity index (χ1v) is 10.1. The largest absolute Gasteiger partial charge is 0.497 e. The summed E-state index contributed by atoms with van der Waals surface area (Å²) in [6.45, 7) is 0.508. The summed E-state index contributed by atoms with van der Waals surface area (Å²) in [7, 11) is -2.45. The Morgan fingerprint density at radius 2 is 1.41 bits per heavy atom. The van der Waals surface area contributed by atoms with Gasteiger partial charge in [-0.05, 0) is 66.2 Å². The van der Waals surface area contributed by atoms with Gasteiger partial charge in [0.2, 0.25) is 0 Å². The van der Waals surface area contributed by atoms with E-state index in [1.165, 1.54) is 0 Å². The van der Waals surface area contributed by atoms with Crippen LogP contribution < -0.4 is 19.0 Å². The molecule has 0 aliphatic rings. The van der Waals surface area contributed by atoms with Crippen molar-refractivity contribution >= 4 is 21.7 Å². The Hall–Kier alpha value is -3.54. The van der Waals surface area contributed by atoms with Gasteiger partial charge in [0.25, 0.3) is 0 Å². The summed E-state index contributed by atoms with van der Waals surface area (Å²) < 4.78 is 32.0. The molecule has 7 nitrogen and oxygen atoms in total. The molecule has 0 heterocycles. The first kappa shape index (κ1) is 20.2. The highest BCUT2D eigenvalue weighted by Crippen LogP contribution is 2.30. The van der Waals surface area contributed by atoms with Crippen molar-refractivity contribution in [1.82, 2.24) is 0 Å². The number of ether oxygens (including phenoxy) is 1. The van der Waals surface area contributed by atoms with Gasteiger partial charge in [-0.2, -0.15) is 18.8 Å². The number of nitrogens with two attached hydrogens (primary N) is 1. The lowest BCUT2D eigenvalue weighted by atomic mass is 10.1. The Morgan fingerprint density at radius 1 is 0.897 bits per heavy atom. The van der Waals surface area contributed by atoms with Crippen LogP contribution in [0.25, 0.3) is 0 Å². The van der Waals surface area contributed by atoms with Crippen LogP contribution in [0.5, 0.6) is 11.5 Å². The van der Waals surface area contributed by atoms with E-state index in [1.807, 2.05) is 36.4 Å². The Kier molecular flexibility index (Phi) is 6.02. The van der Waals surface area contributed by atoms with Crippen molar-refractivity contribution in [3.63, 3.8) is 0 Å². The lowest BCUT2D eigenvalue weighted by Gasteiger charge is -2.25. The number of hydrogen-bond donors (Lipinski definition) is 1. The van der Waals surface area contributed by atoms with E-state index >= 15 is 0 Å². The topological polar surface area (TPSA) is 106 Å². The van der Waals surface area contributed by atoms with Crippen molar-refractivity contribution in [2.75, 3.05) is 12.0 Å². The Balaban J connectivity index is 1.90. The highest BCUT2D eigenvalue weighted by Gasteiger charge is 2.12. The number of methoxy groups -OCH3 is 1. The lowest BCUT2D eigenvalue weighted by Crippen LogP contribution is -2.19. The van der Waals surface area contributed by atoms with Crippen molar-refractivity contribution < 1.29 is 17.3 Å². The van der Waals surface area contributed by atoms with Gasteiger partial charge in [0.1, 0.15) is 11.5 Å². The number of nitrogens with zero attached hydrogens (tertiary/aromatic N) is 2. The molecule has 0 radical (unpaired) electrons. The molecule has 29 heavy (non-hydrogen) atoms. The van der Waals surface area contributed by atoms with E-state index in [4.69, 9.17) is 15.1 Å². The fourth-order valence-corrected chi connectivity index (χ4v) is 3.16. The summed E-state index contributed by atoms with van der Waals surface area (Å²) >= 11 is 0. The third-order valence-electron chi connectivity index (χ3n) is 4.17. The van der Waals surface area contributed by atoms with Gasteiger partial charge in [0.15, 0.2) is 0 Å². The zero-order valence-electron chi connectivity index (χ0n) is 15.6. The SMILES string of the molecule is COc1ccc(N(Cc2ccc(OS(N)(=O)=O)cc2)c2ccc(C#N)cc2)cc1. The van der Waals surface area contributed by atoms with Gasteiger partial charge in [0.05, 0.1) is 18.7 Å². The van der Waals surface area contributed by atoms with Crippen LogP contribution >= 0.6 is 0 Å². The van der Waals surface area contributed by atoms with E-state index in [2.05, 4.69) is 15.2 Å². The molecular weight excluding hydrogens is 390 g/mol. The van der Waals surface area contributed by atoms with Gasteiger partial charge in [-0.3, -0.25) is 0 Å². The van der Waals surface area contributed by atoms with E-state index in [0.29, 0.717) is 12.1 Å². The normalized spacial score (nSPS) is 10.8. The third kappa shape index (κ3) is 5.48. The van der Waals surface area contributed by atoms with Crippen LogP contribution in [0.1, 0.15) is 11.1 Å². The van der Waals surface area contributed by atoms with E-state index in [1.54, 1.807) is 43.5 Å². The van der Waals surface area contributed by atoms with Gasteiger partial charge >= 0.3 is 10.3 Å². The second-order valence-electron chi connectivity index (χ2n) is 6.16. The molecule has 0 unspecified atom stereocenters. The van der Waals surface area contributed by atoms with Gasteiger partial charge in [-0.25, -0.2) is 0 Å². The van der Waals surface area contributed by atoms with Crippen LogP contribution in [0.2, 0.25) is 0 Å². The molecule has 0 atom stereocenters. The van der Waals surface area contributed by atoms with Gasteiger partial charge in [0, 0.05) is 17.9 Å². The van der Waals surface area contributed by atoms with Gasteiger partial charge in [-0.1, -0.05) is 12.1 Å². The van der Waals surface area contributed by atoms with Crippen LogP contribution in [0.3, 0.4) is 0 Å². The van der Waals surface area contributed by atoms with Gasteiger partial charge < -0.3 is 13.8 Å². The van der Waals surface area contributed by atoms with E-state index in [-0.39, 0.29) is 5.75 Å². The maximum atomic E-state index is 11.1. The molecule has 0 saturated carbocycles. The van der Waals surface area contributed by atoms with Crippen molar-refractivity contribution in [3.8, 4) is 17.6 Å². The summed E-state index contributed by atoms with van der Waals surface area (Å²) in [5.41, 5.74) is 3.33. The minimum Gasteiger partial charge on any atom is -0.497 e. The predicted octanol–water partition coefficient (Wildman–Crippen LogP) is 3.49. The summed E-state index contributed by atoms with van der Waals surface area (Å²) in [4.78, 5) is 2.07. The molecule has 0 aromatic heterocycles. The predicted molar refractivity (Wildman–Crippen MR) is 110 cm³/mol. The summed E-state index contributed by atoms with van der Waals surface area (Å²) in [6, 6.07) is 23.6. The maximum Gasteiger partial charge on any atom is 0.380 e. The van der Waals surface area contributed by atoms with Crippen LogP contribution in [0.15, 0.2) is 72.8 Å². The van der Waals surface area contributed by atoms with Crippen molar-refractivity contribution in [2.24, 2.45) is 5.14 Å². The average molecular weight is 409 g/mol. The molecule has 0 bridgehead atoms. The van der Waals surface area contributed by atoms with Crippen molar-refractivity contribution in [1.29, 1.82) is 5.26 Å². The fourth-order valence-electron chi connectivity index (χ4n) is 2.78. The van der Waals surface area contributed by atoms with Gasteiger partial charge in [-0.15, -0.1) is 0 Å².